The average molecular weight is 276 g/mol. The number of likely N-dealkylation sites (N-methyl/N-ethyl adjacent to an activating group) is 1. The summed E-state index contributed by atoms with van der Waals surface area (Å²) in [5.41, 5.74) is 2.41. The highest BCUT2D eigenvalue weighted by Crippen LogP contribution is 2.14. The Labute approximate surface area is 121 Å². The lowest BCUT2D eigenvalue weighted by atomic mass is 10.1. The summed E-state index contributed by atoms with van der Waals surface area (Å²) in [6, 6.07) is 8.21. The molecule has 0 spiro atoms. The van der Waals surface area contributed by atoms with E-state index in [0.29, 0.717) is 6.54 Å². The molecule has 2 unspecified atom stereocenters. The predicted octanol–water partition coefficient (Wildman–Crippen LogP) is 1.72. The Kier molecular flexibility index (Phi) is 5.15. The van der Waals surface area contributed by atoms with Gasteiger partial charge in [-0.15, -0.1) is 0 Å². The molecular formula is C16H24N2O2. The molecule has 1 aliphatic rings. The summed E-state index contributed by atoms with van der Waals surface area (Å²) in [6.07, 6.45) is 0.918. The number of amides is 1. The number of carbonyl (C=O) groups is 1. The Morgan fingerprint density at radius 3 is 2.90 bits per heavy atom. The smallest absolute Gasteiger partial charge is 0.240 e. The van der Waals surface area contributed by atoms with Crippen LogP contribution in [0.25, 0.3) is 0 Å². The van der Waals surface area contributed by atoms with Gasteiger partial charge in [-0.25, -0.2) is 0 Å². The number of hydrogen-bond acceptors (Lipinski definition) is 3. The largest absolute Gasteiger partial charge is 0.380 e. The first kappa shape index (κ1) is 15.0. The average Bonchev–Trinajstić information content (AvgIpc) is 2.93. The van der Waals surface area contributed by atoms with Crippen LogP contribution in [0.3, 0.4) is 0 Å². The van der Waals surface area contributed by atoms with E-state index in [1.807, 2.05) is 17.9 Å². The lowest BCUT2D eigenvalue weighted by molar-refractivity contribution is -0.133. The second kappa shape index (κ2) is 6.86. The molecule has 0 radical (unpaired) electrons. The summed E-state index contributed by atoms with van der Waals surface area (Å²) in [5.74, 6) is 0.175. The Morgan fingerprint density at radius 2 is 2.30 bits per heavy atom. The molecule has 20 heavy (non-hydrogen) atoms. The van der Waals surface area contributed by atoms with Gasteiger partial charge in [-0.2, -0.15) is 0 Å². The van der Waals surface area contributed by atoms with Crippen molar-refractivity contribution in [3.63, 3.8) is 0 Å². The first-order valence-corrected chi connectivity index (χ1v) is 7.24. The van der Waals surface area contributed by atoms with Crippen LogP contribution in [0, 0.1) is 6.92 Å². The molecule has 1 saturated heterocycles. The molecule has 0 bridgehead atoms. The highest BCUT2D eigenvalue weighted by molar-refractivity contribution is 5.82. The van der Waals surface area contributed by atoms with Crippen LogP contribution in [0.4, 0.5) is 0 Å². The number of methoxy groups -OCH3 is 1. The number of aryl methyl sites for hydroxylation is 1. The van der Waals surface area contributed by atoms with Gasteiger partial charge in [0.15, 0.2) is 0 Å². The second-order valence-corrected chi connectivity index (χ2v) is 5.40. The normalized spacial score (nSPS) is 21.9. The minimum absolute atomic E-state index is 0.107. The Hall–Kier alpha value is -1.39. The van der Waals surface area contributed by atoms with E-state index < -0.39 is 0 Å². The highest BCUT2D eigenvalue weighted by atomic mass is 16.5. The fourth-order valence-corrected chi connectivity index (χ4v) is 2.67. The van der Waals surface area contributed by atoms with Gasteiger partial charge in [0.1, 0.15) is 0 Å². The first-order chi connectivity index (χ1) is 9.63. The van der Waals surface area contributed by atoms with Gasteiger partial charge in [0.05, 0.1) is 12.1 Å². The van der Waals surface area contributed by atoms with Gasteiger partial charge in [0.25, 0.3) is 0 Å². The van der Waals surface area contributed by atoms with Crippen molar-refractivity contribution in [2.45, 2.75) is 39.0 Å². The minimum Gasteiger partial charge on any atom is -0.380 e. The number of nitrogens with zero attached hydrogens (tertiary/aromatic N) is 1. The van der Waals surface area contributed by atoms with Crippen LogP contribution < -0.4 is 5.32 Å². The van der Waals surface area contributed by atoms with E-state index in [0.717, 1.165) is 19.5 Å². The van der Waals surface area contributed by atoms with Crippen LogP contribution in [-0.4, -0.2) is 43.2 Å². The molecule has 1 aromatic carbocycles. The third kappa shape index (κ3) is 3.58. The topological polar surface area (TPSA) is 41.6 Å². The lowest BCUT2D eigenvalue weighted by Crippen LogP contribution is -2.43. The van der Waals surface area contributed by atoms with Crippen LogP contribution in [0.2, 0.25) is 0 Å². The first-order valence-electron chi connectivity index (χ1n) is 7.24. The van der Waals surface area contributed by atoms with Crippen LogP contribution in [0.15, 0.2) is 24.3 Å². The Balaban J connectivity index is 1.99. The molecule has 110 valence electrons. The van der Waals surface area contributed by atoms with Gasteiger partial charge in [0.2, 0.25) is 5.91 Å². The van der Waals surface area contributed by atoms with Crippen molar-refractivity contribution in [2.24, 2.45) is 0 Å². The molecule has 0 aromatic heterocycles. The number of ether oxygens (including phenoxy) is 1. The maximum atomic E-state index is 12.5. The van der Waals surface area contributed by atoms with Crippen molar-refractivity contribution < 1.29 is 9.53 Å². The number of carbonyl (C=O) groups excluding carboxylic acids is 1. The van der Waals surface area contributed by atoms with Gasteiger partial charge in [-0.3, -0.25) is 4.79 Å². The van der Waals surface area contributed by atoms with E-state index >= 15 is 0 Å². The fourth-order valence-electron chi connectivity index (χ4n) is 2.67. The van der Waals surface area contributed by atoms with Crippen molar-refractivity contribution in [3.8, 4) is 0 Å². The van der Waals surface area contributed by atoms with Gasteiger partial charge < -0.3 is 15.0 Å². The maximum absolute atomic E-state index is 12.5. The van der Waals surface area contributed by atoms with Crippen molar-refractivity contribution in [1.82, 2.24) is 10.2 Å². The third-order valence-electron chi connectivity index (χ3n) is 3.87. The summed E-state index contributed by atoms with van der Waals surface area (Å²) < 4.78 is 5.31. The summed E-state index contributed by atoms with van der Waals surface area (Å²) in [6.45, 7) is 6.25. The van der Waals surface area contributed by atoms with Crippen LogP contribution >= 0.6 is 0 Å². The zero-order valence-electron chi connectivity index (χ0n) is 12.6. The predicted molar refractivity (Wildman–Crippen MR) is 79.5 cm³/mol. The Morgan fingerprint density at radius 1 is 1.50 bits per heavy atom. The molecule has 1 aromatic rings. The number of nitrogens with one attached hydrogen (secondary N) is 1. The van der Waals surface area contributed by atoms with Crippen molar-refractivity contribution in [3.05, 3.63) is 35.4 Å². The van der Waals surface area contributed by atoms with Crippen molar-refractivity contribution >= 4 is 5.91 Å². The summed E-state index contributed by atoms with van der Waals surface area (Å²) in [5, 5.41) is 3.25. The molecule has 1 heterocycles. The van der Waals surface area contributed by atoms with Gasteiger partial charge in [-0.1, -0.05) is 29.8 Å². The van der Waals surface area contributed by atoms with Gasteiger partial charge >= 0.3 is 0 Å². The van der Waals surface area contributed by atoms with Gasteiger partial charge in [0, 0.05) is 26.7 Å². The standard InChI is InChI=1S/C16H24N2O2/c1-4-18(11-13-7-5-6-12(2)8-13)16(19)15-9-14(20-3)10-17-15/h5-8,14-15,17H,4,9-11H2,1-3H3. The van der Waals surface area contributed by atoms with Crippen LogP contribution in [0.1, 0.15) is 24.5 Å². The molecule has 1 fully saturated rings. The van der Waals surface area contributed by atoms with Crippen molar-refractivity contribution in [1.29, 1.82) is 0 Å². The molecule has 2 atom stereocenters. The molecule has 1 amide bonds. The quantitative estimate of drug-likeness (QED) is 0.890. The fraction of sp³-hybridized carbons (Fsp3) is 0.562. The second-order valence-electron chi connectivity index (χ2n) is 5.40. The SMILES string of the molecule is CCN(Cc1cccc(C)c1)C(=O)C1CC(OC)CN1. The van der Waals surface area contributed by atoms with Crippen LogP contribution in [-0.2, 0) is 16.1 Å². The summed E-state index contributed by atoms with van der Waals surface area (Å²) in [4.78, 5) is 14.4. The van der Waals surface area contributed by atoms with E-state index in [2.05, 4.69) is 30.4 Å². The van der Waals surface area contributed by atoms with Crippen molar-refractivity contribution in [2.75, 3.05) is 20.2 Å². The molecule has 0 aliphatic carbocycles. The lowest BCUT2D eigenvalue weighted by Gasteiger charge is -2.24. The molecule has 1 N–H and O–H groups in total. The highest BCUT2D eigenvalue weighted by Gasteiger charge is 2.31. The summed E-state index contributed by atoms with van der Waals surface area (Å²) in [7, 11) is 1.70. The molecule has 4 nitrogen and oxygen atoms in total. The van der Waals surface area contributed by atoms with E-state index in [9.17, 15) is 4.79 Å². The number of rotatable bonds is 5. The third-order valence-corrected chi connectivity index (χ3v) is 3.87. The van der Waals surface area contributed by atoms with Crippen LogP contribution in [0.5, 0.6) is 0 Å². The molecular weight excluding hydrogens is 252 g/mol. The zero-order chi connectivity index (χ0) is 14.5. The van der Waals surface area contributed by atoms with E-state index in [-0.39, 0.29) is 18.1 Å². The number of benzene rings is 1. The molecule has 4 heteroatoms. The van der Waals surface area contributed by atoms with E-state index in [1.54, 1.807) is 7.11 Å². The molecule has 2 rings (SSSR count). The maximum Gasteiger partial charge on any atom is 0.240 e. The monoisotopic (exact) mass is 276 g/mol. The summed E-state index contributed by atoms with van der Waals surface area (Å²) >= 11 is 0. The van der Waals surface area contributed by atoms with Gasteiger partial charge in [-0.05, 0) is 25.8 Å². The minimum atomic E-state index is -0.107. The molecule has 0 saturated carbocycles. The Bertz CT molecular complexity index is 462. The van der Waals surface area contributed by atoms with E-state index in [4.69, 9.17) is 4.74 Å². The molecule has 1 aliphatic heterocycles. The number of hydrogen-bond donors (Lipinski definition) is 1. The van der Waals surface area contributed by atoms with E-state index in [1.165, 1.54) is 11.1 Å². The zero-order valence-corrected chi connectivity index (χ0v) is 12.6.